The number of ether oxygens (including phenoxy) is 1. The van der Waals surface area contributed by atoms with Crippen LogP contribution < -0.4 is 4.74 Å². The molecule has 2 aromatic carbocycles. The third kappa shape index (κ3) is 4.01. The molecule has 20 heavy (non-hydrogen) atoms. The summed E-state index contributed by atoms with van der Waals surface area (Å²) in [6.07, 6.45) is 2.67. The second-order valence-electron chi connectivity index (χ2n) is 4.21. The molecule has 2 heteroatoms. The van der Waals surface area contributed by atoms with Gasteiger partial charge in [0.05, 0.1) is 13.2 Å². The molecule has 2 rings (SSSR count). The Morgan fingerprint density at radius 3 is 2.40 bits per heavy atom. The Morgan fingerprint density at radius 1 is 1.05 bits per heavy atom. The smallest absolute Gasteiger partial charge is 0.118 e. The van der Waals surface area contributed by atoms with Crippen LogP contribution in [-0.2, 0) is 0 Å². The second-order valence-corrected chi connectivity index (χ2v) is 4.21. The Bertz CT molecular complexity index is 616. The van der Waals surface area contributed by atoms with Crippen LogP contribution in [-0.4, -0.2) is 12.2 Å². The molecule has 0 aromatic heterocycles. The van der Waals surface area contributed by atoms with Gasteiger partial charge in [-0.2, -0.15) is 0 Å². The van der Waals surface area contributed by atoms with Crippen LogP contribution in [0.1, 0.15) is 17.2 Å². The van der Waals surface area contributed by atoms with Gasteiger partial charge in [0.1, 0.15) is 5.75 Å². The molecular formula is C18H16O2. The van der Waals surface area contributed by atoms with Crippen LogP contribution in [0, 0.1) is 11.8 Å². The molecule has 1 unspecified atom stereocenters. The third-order valence-electron chi connectivity index (χ3n) is 2.81. The van der Waals surface area contributed by atoms with Crippen LogP contribution in [0.2, 0.25) is 0 Å². The molecule has 0 radical (unpaired) electrons. The molecule has 2 aromatic rings. The first-order chi connectivity index (χ1) is 9.79. The van der Waals surface area contributed by atoms with Gasteiger partial charge in [0.25, 0.3) is 0 Å². The summed E-state index contributed by atoms with van der Waals surface area (Å²) in [5.41, 5.74) is 1.76. The van der Waals surface area contributed by atoms with Crippen LogP contribution in [0.25, 0.3) is 0 Å². The van der Waals surface area contributed by atoms with Gasteiger partial charge >= 0.3 is 0 Å². The lowest BCUT2D eigenvalue weighted by molar-refractivity contribution is 0.228. The SMILES string of the molecule is COc1ccc(C(O)/C=C/C#Cc2ccccc2)cc1. The highest BCUT2D eigenvalue weighted by Gasteiger charge is 2.02. The first kappa shape index (κ1) is 13.9. The van der Waals surface area contributed by atoms with Gasteiger partial charge in [-0.15, -0.1) is 0 Å². The fourth-order valence-electron chi connectivity index (χ4n) is 1.70. The van der Waals surface area contributed by atoms with E-state index in [4.69, 9.17) is 4.74 Å². The number of allylic oxidation sites excluding steroid dienone is 1. The van der Waals surface area contributed by atoms with Gasteiger partial charge in [0.15, 0.2) is 0 Å². The molecule has 0 spiro atoms. The molecule has 100 valence electrons. The van der Waals surface area contributed by atoms with Crippen molar-refractivity contribution >= 4 is 0 Å². The lowest BCUT2D eigenvalue weighted by Gasteiger charge is -2.06. The molecule has 0 saturated heterocycles. The van der Waals surface area contributed by atoms with E-state index >= 15 is 0 Å². The molecule has 0 fully saturated rings. The number of hydrogen-bond donors (Lipinski definition) is 1. The largest absolute Gasteiger partial charge is 0.497 e. The first-order valence-corrected chi connectivity index (χ1v) is 6.35. The molecule has 2 nitrogen and oxygen atoms in total. The van der Waals surface area contributed by atoms with Crippen LogP contribution in [0.5, 0.6) is 5.75 Å². The molecule has 0 saturated carbocycles. The standard InChI is InChI=1S/C18H16O2/c1-20-17-13-11-16(12-14-17)18(19)10-6-5-9-15-7-3-2-4-8-15/h2-4,6-8,10-14,18-19H,1H3/b10-6+. The molecule has 0 aliphatic carbocycles. The van der Waals surface area contributed by atoms with Crippen molar-refractivity contribution in [2.75, 3.05) is 7.11 Å². The highest BCUT2D eigenvalue weighted by atomic mass is 16.5. The lowest BCUT2D eigenvalue weighted by atomic mass is 10.1. The molecule has 0 bridgehead atoms. The average molecular weight is 264 g/mol. The van der Waals surface area contributed by atoms with E-state index in [9.17, 15) is 5.11 Å². The Balaban J connectivity index is 1.98. The first-order valence-electron chi connectivity index (χ1n) is 6.35. The van der Waals surface area contributed by atoms with Crippen LogP contribution in [0.3, 0.4) is 0 Å². The maximum Gasteiger partial charge on any atom is 0.118 e. The second kappa shape index (κ2) is 7.18. The molecule has 0 amide bonds. The molecule has 1 N–H and O–H groups in total. The Labute approximate surface area is 119 Å². The lowest BCUT2D eigenvalue weighted by Crippen LogP contribution is -1.92. The van der Waals surface area contributed by atoms with Crippen LogP contribution >= 0.6 is 0 Å². The summed E-state index contributed by atoms with van der Waals surface area (Å²) in [7, 11) is 1.62. The van der Waals surface area contributed by atoms with Gasteiger partial charge < -0.3 is 9.84 Å². The van der Waals surface area contributed by atoms with Crippen LogP contribution in [0.4, 0.5) is 0 Å². The minimum absolute atomic E-state index is 0.661. The van der Waals surface area contributed by atoms with Crippen molar-refractivity contribution in [3.63, 3.8) is 0 Å². The van der Waals surface area contributed by atoms with Gasteiger partial charge in [-0.05, 0) is 42.0 Å². The van der Waals surface area contributed by atoms with E-state index in [0.29, 0.717) is 0 Å². The van der Waals surface area contributed by atoms with Crippen molar-refractivity contribution in [3.05, 3.63) is 77.9 Å². The van der Waals surface area contributed by atoms with E-state index in [-0.39, 0.29) is 0 Å². The van der Waals surface area contributed by atoms with Crippen molar-refractivity contribution in [2.24, 2.45) is 0 Å². The topological polar surface area (TPSA) is 29.5 Å². The van der Waals surface area contributed by atoms with Crippen LogP contribution in [0.15, 0.2) is 66.7 Å². The predicted octanol–water partition coefficient (Wildman–Crippen LogP) is 3.34. The predicted molar refractivity (Wildman–Crippen MR) is 80.4 cm³/mol. The van der Waals surface area contributed by atoms with Gasteiger partial charge in [-0.25, -0.2) is 0 Å². The number of aliphatic hydroxyl groups excluding tert-OH is 1. The summed E-state index contributed by atoms with van der Waals surface area (Å²) in [6.45, 7) is 0. The van der Waals surface area contributed by atoms with E-state index in [1.807, 2.05) is 54.6 Å². The summed E-state index contributed by atoms with van der Waals surface area (Å²) in [5.74, 6) is 6.68. The quantitative estimate of drug-likeness (QED) is 0.862. The van der Waals surface area contributed by atoms with E-state index in [2.05, 4.69) is 11.8 Å². The van der Waals surface area contributed by atoms with E-state index in [0.717, 1.165) is 16.9 Å². The maximum absolute atomic E-state index is 9.99. The zero-order chi connectivity index (χ0) is 14.2. The summed E-state index contributed by atoms with van der Waals surface area (Å²) >= 11 is 0. The molecule has 0 heterocycles. The number of hydrogen-bond acceptors (Lipinski definition) is 2. The van der Waals surface area contributed by atoms with E-state index in [1.165, 1.54) is 0 Å². The number of aliphatic hydroxyl groups is 1. The molecule has 0 aliphatic heterocycles. The molecule has 1 atom stereocenters. The van der Waals surface area contributed by atoms with Gasteiger partial charge in [0, 0.05) is 5.56 Å². The summed E-state index contributed by atoms with van der Waals surface area (Å²) < 4.78 is 5.07. The van der Waals surface area contributed by atoms with Crippen molar-refractivity contribution in [3.8, 4) is 17.6 Å². The van der Waals surface area contributed by atoms with Crippen molar-refractivity contribution in [2.45, 2.75) is 6.10 Å². The van der Waals surface area contributed by atoms with E-state index in [1.54, 1.807) is 19.3 Å². The van der Waals surface area contributed by atoms with Crippen molar-refractivity contribution < 1.29 is 9.84 Å². The normalized spacial score (nSPS) is 11.7. The van der Waals surface area contributed by atoms with E-state index < -0.39 is 6.10 Å². The summed E-state index contributed by atoms with van der Waals surface area (Å²) in [6, 6.07) is 17.0. The monoisotopic (exact) mass is 264 g/mol. The zero-order valence-corrected chi connectivity index (χ0v) is 11.3. The Kier molecular flexibility index (Phi) is 5.00. The zero-order valence-electron chi connectivity index (χ0n) is 11.3. The maximum atomic E-state index is 9.99. The average Bonchev–Trinajstić information content (AvgIpc) is 2.52. The highest BCUT2D eigenvalue weighted by Crippen LogP contribution is 2.18. The summed E-state index contributed by atoms with van der Waals surface area (Å²) in [5, 5.41) is 9.99. The van der Waals surface area contributed by atoms with Crippen molar-refractivity contribution in [1.29, 1.82) is 0 Å². The minimum Gasteiger partial charge on any atom is -0.497 e. The fourth-order valence-corrected chi connectivity index (χ4v) is 1.70. The molecule has 0 aliphatic rings. The Hall–Kier alpha value is -2.50. The number of methoxy groups -OCH3 is 1. The minimum atomic E-state index is -0.661. The van der Waals surface area contributed by atoms with Crippen molar-refractivity contribution in [1.82, 2.24) is 0 Å². The highest BCUT2D eigenvalue weighted by molar-refractivity contribution is 5.37. The Morgan fingerprint density at radius 2 is 1.75 bits per heavy atom. The van der Waals surface area contributed by atoms with Gasteiger partial charge in [-0.1, -0.05) is 42.2 Å². The third-order valence-corrected chi connectivity index (χ3v) is 2.81. The number of rotatable bonds is 3. The van der Waals surface area contributed by atoms with Gasteiger partial charge in [0.2, 0.25) is 0 Å². The number of benzene rings is 2. The summed E-state index contributed by atoms with van der Waals surface area (Å²) in [4.78, 5) is 0. The molecular weight excluding hydrogens is 248 g/mol. The van der Waals surface area contributed by atoms with Gasteiger partial charge in [-0.3, -0.25) is 0 Å². The fraction of sp³-hybridized carbons (Fsp3) is 0.111.